The summed E-state index contributed by atoms with van der Waals surface area (Å²) in [5, 5.41) is 3.19. The zero-order valence-electron chi connectivity index (χ0n) is 13.8. The first-order valence-corrected chi connectivity index (χ1v) is 9.08. The van der Waals surface area contributed by atoms with Crippen molar-refractivity contribution in [3.8, 4) is 5.75 Å². The molecule has 25 heavy (non-hydrogen) atoms. The Bertz CT molecular complexity index is 764. The van der Waals surface area contributed by atoms with Crippen LogP contribution in [-0.4, -0.2) is 37.4 Å². The lowest BCUT2D eigenvalue weighted by atomic mass is 10.2. The summed E-state index contributed by atoms with van der Waals surface area (Å²) in [7, 11) is 3.10. The number of nitrogens with one attached hydrogen (secondary N) is 1. The zero-order valence-corrected chi connectivity index (χ0v) is 16.2. The van der Waals surface area contributed by atoms with Crippen LogP contribution in [0.5, 0.6) is 5.75 Å². The summed E-state index contributed by atoms with van der Waals surface area (Å²) < 4.78 is 5.88. The molecule has 1 N–H and O–H groups in total. The van der Waals surface area contributed by atoms with Crippen LogP contribution in [0.2, 0.25) is 9.36 Å². The van der Waals surface area contributed by atoms with Crippen molar-refractivity contribution in [3.05, 3.63) is 44.6 Å². The van der Waals surface area contributed by atoms with E-state index in [0.717, 1.165) is 4.88 Å². The van der Waals surface area contributed by atoms with E-state index in [1.54, 1.807) is 25.2 Å². The molecule has 0 aliphatic heterocycles. The van der Waals surface area contributed by atoms with Gasteiger partial charge in [-0.3, -0.25) is 9.59 Å². The highest BCUT2D eigenvalue weighted by Gasteiger charge is 2.15. The van der Waals surface area contributed by atoms with E-state index in [9.17, 15) is 9.59 Å². The SMILES string of the molecule is COc1ccc(Cl)cc1NC(=O)CN(C)C(=O)CCc1ccc(Cl)s1. The van der Waals surface area contributed by atoms with Crippen molar-refractivity contribution < 1.29 is 14.3 Å². The van der Waals surface area contributed by atoms with Crippen molar-refractivity contribution in [1.82, 2.24) is 4.90 Å². The molecule has 0 bridgehead atoms. The molecule has 0 saturated carbocycles. The van der Waals surface area contributed by atoms with Crippen LogP contribution in [0.4, 0.5) is 5.69 Å². The molecule has 2 amide bonds. The van der Waals surface area contributed by atoms with Crippen LogP contribution in [0.3, 0.4) is 0 Å². The maximum Gasteiger partial charge on any atom is 0.244 e. The summed E-state index contributed by atoms with van der Waals surface area (Å²) in [6.45, 7) is -0.0559. The number of carbonyl (C=O) groups excluding carboxylic acids is 2. The van der Waals surface area contributed by atoms with Crippen LogP contribution < -0.4 is 10.1 Å². The fourth-order valence-electron chi connectivity index (χ4n) is 2.18. The second kappa shape index (κ2) is 9.08. The Morgan fingerprint density at radius 1 is 1.24 bits per heavy atom. The number of likely N-dealkylation sites (N-methyl/N-ethyl adjacent to an activating group) is 1. The molecule has 0 spiro atoms. The molecule has 0 radical (unpaired) electrons. The summed E-state index contributed by atoms with van der Waals surface area (Å²) in [6.07, 6.45) is 0.922. The quantitative estimate of drug-likeness (QED) is 0.760. The molecular weight excluding hydrogens is 383 g/mol. The molecule has 1 heterocycles. The normalized spacial score (nSPS) is 10.4. The van der Waals surface area contributed by atoms with Crippen LogP contribution in [0.1, 0.15) is 11.3 Å². The van der Waals surface area contributed by atoms with Gasteiger partial charge < -0.3 is 15.0 Å². The van der Waals surface area contributed by atoms with Crippen LogP contribution >= 0.6 is 34.5 Å². The monoisotopic (exact) mass is 400 g/mol. The van der Waals surface area contributed by atoms with Crippen molar-refractivity contribution in [2.24, 2.45) is 0 Å². The van der Waals surface area contributed by atoms with Crippen molar-refractivity contribution in [3.63, 3.8) is 0 Å². The topological polar surface area (TPSA) is 58.6 Å². The summed E-state index contributed by atoms with van der Waals surface area (Å²) in [5.41, 5.74) is 0.467. The lowest BCUT2D eigenvalue weighted by Gasteiger charge is -2.17. The van der Waals surface area contributed by atoms with Gasteiger partial charge in [0.2, 0.25) is 11.8 Å². The number of methoxy groups -OCH3 is 1. The Hall–Kier alpha value is -1.76. The van der Waals surface area contributed by atoms with E-state index < -0.39 is 0 Å². The van der Waals surface area contributed by atoms with Crippen LogP contribution in [0.25, 0.3) is 0 Å². The number of thiophene rings is 1. The first-order valence-electron chi connectivity index (χ1n) is 7.50. The summed E-state index contributed by atoms with van der Waals surface area (Å²) >= 11 is 13.3. The first-order chi connectivity index (χ1) is 11.9. The molecule has 0 fully saturated rings. The average Bonchev–Trinajstić information content (AvgIpc) is 2.98. The minimum Gasteiger partial charge on any atom is -0.495 e. The molecular formula is C17H18Cl2N2O3S. The number of carbonyl (C=O) groups is 2. The van der Waals surface area contributed by atoms with E-state index in [1.807, 2.05) is 12.1 Å². The van der Waals surface area contributed by atoms with Gasteiger partial charge in [0.05, 0.1) is 23.7 Å². The van der Waals surface area contributed by atoms with Crippen molar-refractivity contribution >= 4 is 52.0 Å². The molecule has 0 aliphatic carbocycles. The molecule has 0 saturated heterocycles. The minimum absolute atomic E-state index is 0.0559. The highest BCUT2D eigenvalue weighted by atomic mass is 35.5. The van der Waals surface area contributed by atoms with E-state index in [0.29, 0.717) is 33.6 Å². The Kier molecular flexibility index (Phi) is 7.11. The number of halogens is 2. The largest absolute Gasteiger partial charge is 0.495 e. The summed E-state index contributed by atoms with van der Waals surface area (Å²) in [5.74, 6) is 0.0645. The van der Waals surface area contributed by atoms with Crippen molar-refractivity contribution in [1.29, 1.82) is 0 Å². The third-order valence-corrected chi connectivity index (χ3v) is 4.98. The molecule has 0 unspecified atom stereocenters. The van der Waals surface area contributed by atoms with Gasteiger partial charge in [-0.1, -0.05) is 23.2 Å². The van der Waals surface area contributed by atoms with E-state index in [2.05, 4.69) is 5.32 Å². The number of nitrogens with zero attached hydrogens (tertiary/aromatic N) is 1. The molecule has 2 rings (SSSR count). The molecule has 2 aromatic rings. The predicted molar refractivity (Wildman–Crippen MR) is 102 cm³/mol. The number of benzene rings is 1. The average molecular weight is 401 g/mol. The van der Waals surface area contributed by atoms with Crippen molar-refractivity contribution in [2.75, 3.05) is 26.0 Å². The van der Waals surface area contributed by atoms with Crippen LogP contribution in [0, 0.1) is 0 Å². The van der Waals surface area contributed by atoms with Crippen molar-refractivity contribution in [2.45, 2.75) is 12.8 Å². The number of hydrogen-bond donors (Lipinski definition) is 1. The Balaban J connectivity index is 1.86. The number of anilines is 1. The fraction of sp³-hybridized carbons (Fsp3) is 0.294. The molecule has 0 aliphatic rings. The van der Waals surface area contributed by atoms with Gasteiger partial charge >= 0.3 is 0 Å². The third kappa shape index (κ3) is 5.92. The van der Waals surface area contributed by atoms with E-state index >= 15 is 0 Å². The lowest BCUT2D eigenvalue weighted by Crippen LogP contribution is -2.35. The molecule has 134 valence electrons. The van der Waals surface area contributed by atoms with Gasteiger partial charge in [0, 0.05) is 23.4 Å². The Labute approximate surface area is 160 Å². The second-order valence-electron chi connectivity index (χ2n) is 5.35. The van der Waals surface area contributed by atoms with Gasteiger partial charge in [-0.2, -0.15) is 0 Å². The zero-order chi connectivity index (χ0) is 18.4. The van der Waals surface area contributed by atoms with E-state index in [1.165, 1.54) is 23.3 Å². The molecule has 0 atom stereocenters. The van der Waals surface area contributed by atoms with E-state index in [4.69, 9.17) is 27.9 Å². The van der Waals surface area contributed by atoms with E-state index in [-0.39, 0.29) is 18.4 Å². The standard InChI is InChI=1S/C17H18Cl2N2O3S/c1-21(17(23)8-5-12-4-7-15(19)25-12)10-16(22)20-13-9-11(18)3-6-14(13)24-2/h3-4,6-7,9H,5,8,10H2,1-2H3,(H,20,22). The second-order valence-corrected chi connectivity index (χ2v) is 7.58. The predicted octanol–water partition coefficient (Wildman–Crippen LogP) is 4.09. The van der Waals surface area contributed by atoms with Gasteiger partial charge in [0.15, 0.2) is 0 Å². The van der Waals surface area contributed by atoms with Gasteiger partial charge in [-0.25, -0.2) is 0 Å². The number of ether oxygens (including phenoxy) is 1. The van der Waals surface area contributed by atoms with Crippen LogP contribution in [-0.2, 0) is 16.0 Å². The molecule has 1 aromatic carbocycles. The Morgan fingerprint density at radius 2 is 2.00 bits per heavy atom. The van der Waals surface area contributed by atoms with Crippen LogP contribution in [0.15, 0.2) is 30.3 Å². The number of aryl methyl sites for hydroxylation is 1. The maximum absolute atomic E-state index is 12.2. The lowest BCUT2D eigenvalue weighted by molar-refractivity contribution is -0.133. The van der Waals surface area contributed by atoms with Gasteiger partial charge in [0.25, 0.3) is 0 Å². The third-order valence-electron chi connectivity index (χ3n) is 3.46. The molecule has 1 aromatic heterocycles. The molecule has 8 heteroatoms. The molecule has 5 nitrogen and oxygen atoms in total. The minimum atomic E-state index is -0.324. The highest BCUT2D eigenvalue weighted by Crippen LogP contribution is 2.27. The summed E-state index contributed by atoms with van der Waals surface area (Å²) in [4.78, 5) is 26.8. The number of hydrogen-bond acceptors (Lipinski definition) is 4. The smallest absolute Gasteiger partial charge is 0.244 e. The van der Waals surface area contributed by atoms with Gasteiger partial charge in [-0.05, 0) is 36.8 Å². The van der Waals surface area contributed by atoms with Gasteiger partial charge in [-0.15, -0.1) is 11.3 Å². The first kappa shape index (κ1) is 19.6. The maximum atomic E-state index is 12.2. The highest BCUT2D eigenvalue weighted by molar-refractivity contribution is 7.16. The number of amides is 2. The number of rotatable bonds is 7. The fourth-order valence-corrected chi connectivity index (χ4v) is 3.44. The summed E-state index contributed by atoms with van der Waals surface area (Å²) in [6, 6.07) is 8.64. The van der Waals surface area contributed by atoms with Gasteiger partial charge in [0.1, 0.15) is 5.75 Å². The Morgan fingerprint density at radius 3 is 2.64 bits per heavy atom.